The molecule has 0 aliphatic carbocycles. The molecule has 0 saturated carbocycles. The van der Waals surface area contributed by atoms with E-state index in [1.807, 2.05) is 0 Å². The van der Waals surface area contributed by atoms with Crippen LogP contribution in [0.2, 0.25) is 0 Å². The summed E-state index contributed by atoms with van der Waals surface area (Å²) >= 11 is 0. The maximum atomic E-state index is 14.0. The average Bonchev–Trinajstić information content (AvgIpc) is 2.96. The number of aromatic nitrogens is 3. The molecule has 1 aromatic heterocycles. The summed E-state index contributed by atoms with van der Waals surface area (Å²) in [5.74, 6) is -1.12. The number of ether oxygens (including phenoxy) is 3. The predicted octanol–water partition coefficient (Wildman–Crippen LogP) is 1.80. The number of halogens is 1. The van der Waals surface area contributed by atoms with E-state index in [1.54, 1.807) is 6.92 Å². The van der Waals surface area contributed by atoms with Crippen molar-refractivity contribution in [3.05, 3.63) is 23.6 Å². The first-order valence-electron chi connectivity index (χ1n) is 6.12. The number of aromatic amines is 1. The van der Waals surface area contributed by atoms with E-state index in [0.29, 0.717) is 5.56 Å². The van der Waals surface area contributed by atoms with E-state index < -0.39 is 11.8 Å². The third kappa shape index (κ3) is 2.78. The van der Waals surface area contributed by atoms with Crippen molar-refractivity contribution >= 4 is 5.97 Å². The van der Waals surface area contributed by atoms with Gasteiger partial charge in [0, 0.05) is 5.56 Å². The van der Waals surface area contributed by atoms with E-state index in [1.165, 1.54) is 26.4 Å². The highest BCUT2D eigenvalue weighted by Crippen LogP contribution is 2.35. The van der Waals surface area contributed by atoms with Gasteiger partial charge in [0.2, 0.25) is 0 Å². The highest BCUT2D eigenvalue weighted by Gasteiger charge is 2.22. The Labute approximate surface area is 120 Å². The molecular formula is C13H14FN3O4. The number of carbonyl (C=O) groups is 1. The van der Waals surface area contributed by atoms with Crippen molar-refractivity contribution < 1.29 is 23.4 Å². The minimum atomic E-state index is -0.642. The fraction of sp³-hybridized carbons (Fsp3) is 0.308. The second-order valence-corrected chi connectivity index (χ2v) is 3.93. The minimum Gasteiger partial charge on any atom is -0.493 e. The molecule has 112 valence electrons. The summed E-state index contributed by atoms with van der Waals surface area (Å²) in [6.07, 6.45) is 0. The van der Waals surface area contributed by atoms with Gasteiger partial charge in [0.25, 0.3) is 0 Å². The monoisotopic (exact) mass is 295 g/mol. The van der Waals surface area contributed by atoms with Crippen molar-refractivity contribution in [3.8, 4) is 22.8 Å². The van der Waals surface area contributed by atoms with Gasteiger partial charge in [-0.15, -0.1) is 5.10 Å². The summed E-state index contributed by atoms with van der Waals surface area (Å²) in [6, 6.07) is 2.68. The third-order valence-corrected chi connectivity index (χ3v) is 2.72. The van der Waals surface area contributed by atoms with Crippen LogP contribution in [0.3, 0.4) is 0 Å². The summed E-state index contributed by atoms with van der Waals surface area (Å²) < 4.78 is 28.8. The van der Waals surface area contributed by atoms with Crippen molar-refractivity contribution in [3.63, 3.8) is 0 Å². The van der Waals surface area contributed by atoms with Crippen LogP contribution < -0.4 is 9.47 Å². The molecule has 8 heteroatoms. The molecule has 2 rings (SSSR count). The first-order chi connectivity index (χ1) is 10.1. The van der Waals surface area contributed by atoms with Gasteiger partial charge in [0.1, 0.15) is 5.69 Å². The standard InChI is InChI=1S/C13H14FN3O4/c1-4-21-13(18)11-10(15-17-16-11)7-5-8(14)12(20-3)9(6-7)19-2/h5-6H,4H2,1-3H3,(H,15,16,17). The predicted molar refractivity (Wildman–Crippen MR) is 70.8 cm³/mol. The molecule has 0 aliphatic heterocycles. The zero-order chi connectivity index (χ0) is 15.4. The van der Waals surface area contributed by atoms with E-state index in [-0.39, 0.29) is 29.5 Å². The number of nitrogens with zero attached hydrogens (tertiary/aromatic N) is 2. The zero-order valence-corrected chi connectivity index (χ0v) is 11.8. The van der Waals surface area contributed by atoms with Gasteiger partial charge in [-0.3, -0.25) is 0 Å². The summed E-state index contributed by atoms with van der Waals surface area (Å²) in [7, 11) is 2.72. The zero-order valence-electron chi connectivity index (χ0n) is 11.8. The molecule has 1 N–H and O–H groups in total. The van der Waals surface area contributed by atoms with E-state index in [0.717, 1.165) is 0 Å². The minimum absolute atomic E-state index is 0.0246. The first kappa shape index (κ1) is 14.8. The molecule has 0 saturated heterocycles. The molecule has 0 aliphatic rings. The highest BCUT2D eigenvalue weighted by atomic mass is 19.1. The number of methoxy groups -OCH3 is 2. The molecule has 0 bridgehead atoms. The molecule has 1 heterocycles. The van der Waals surface area contributed by atoms with Gasteiger partial charge in [-0.05, 0) is 19.1 Å². The van der Waals surface area contributed by atoms with E-state index in [2.05, 4.69) is 15.4 Å². The number of nitrogens with one attached hydrogen (secondary N) is 1. The largest absolute Gasteiger partial charge is 0.493 e. The number of esters is 1. The van der Waals surface area contributed by atoms with Crippen molar-refractivity contribution in [1.82, 2.24) is 15.4 Å². The molecule has 0 amide bonds. The van der Waals surface area contributed by atoms with Crippen LogP contribution in [0.1, 0.15) is 17.4 Å². The van der Waals surface area contributed by atoms with E-state index >= 15 is 0 Å². The lowest BCUT2D eigenvalue weighted by molar-refractivity contribution is 0.0520. The Morgan fingerprint density at radius 1 is 1.29 bits per heavy atom. The molecule has 0 spiro atoms. The van der Waals surface area contributed by atoms with Crippen molar-refractivity contribution in [1.29, 1.82) is 0 Å². The fourth-order valence-electron chi connectivity index (χ4n) is 1.83. The molecule has 0 radical (unpaired) electrons. The van der Waals surface area contributed by atoms with E-state index in [9.17, 15) is 9.18 Å². The Morgan fingerprint density at radius 3 is 2.67 bits per heavy atom. The summed E-state index contributed by atoms with van der Waals surface area (Å²) in [5, 5.41) is 9.92. The van der Waals surface area contributed by atoms with Crippen LogP contribution in [0.4, 0.5) is 4.39 Å². The number of hydrogen-bond donors (Lipinski definition) is 1. The number of benzene rings is 1. The Kier molecular flexibility index (Phi) is 4.36. The number of hydrogen-bond acceptors (Lipinski definition) is 6. The first-order valence-corrected chi connectivity index (χ1v) is 6.12. The van der Waals surface area contributed by atoms with Crippen molar-refractivity contribution in [2.24, 2.45) is 0 Å². The number of rotatable bonds is 5. The Morgan fingerprint density at radius 2 is 2.05 bits per heavy atom. The van der Waals surface area contributed by atoms with Crippen LogP contribution in [-0.4, -0.2) is 42.2 Å². The molecule has 0 atom stereocenters. The van der Waals surface area contributed by atoms with Crippen LogP contribution in [0, 0.1) is 5.82 Å². The maximum absolute atomic E-state index is 14.0. The van der Waals surface area contributed by atoms with Gasteiger partial charge in [0.05, 0.1) is 20.8 Å². The van der Waals surface area contributed by atoms with Crippen LogP contribution in [0.15, 0.2) is 12.1 Å². The molecule has 0 unspecified atom stereocenters. The third-order valence-electron chi connectivity index (χ3n) is 2.72. The van der Waals surface area contributed by atoms with Crippen molar-refractivity contribution in [2.45, 2.75) is 6.92 Å². The van der Waals surface area contributed by atoms with Gasteiger partial charge >= 0.3 is 5.97 Å². The van der Waals surface area contributed by atoms with Crippen LogP contribution >= 0.6 is 0 Å². The highest BCUT2D eigenvalue weighted by molar-refractivity contribution is 5.94. The molecule has 0 fully saturated rings. The normalized spacial score (nSPS) is 10.3. The summed E-state index contributed by atoms with van der Waals surface area (Å²) in [6.45, 7) is 1.87. The smallest absolute Gasteiger partial charge is 0.361 e. The van der Waals surface area contributed by atoms with Gasteiger partial charge in [-0.1, -0.05) is 0 Å². The van der Waals surface area contributed by atoms with Crippen molar-refractivity contribution in [2.75, 3.05) is 20.8 Å². The summed E-state index contributed by atoms with van der Waals surface area (Å²) in [5.41, 5.74) is 0.471. The average molecular weight is 295 g/mol. The van der Waals surface area contributed by atoms with Crippen LogP contribution in [0.5, 0.6) is 11.5 Å². The molecule has 7 nitrogen and oxygen atoms in total. The van der Waals surface area contributed by atoms with Crippen LogP contribution in [-0.2, 0) is 4.74 Å². The lowest BCUT2D eigenvalue weighted by atomic mass is 10.1. The van der Waals surface area contributed by atoms with Gasteiger partial charge < -0.3 is 14.2 Å². The van der Waals surface area contributed by atoms with Crippen LogP contribution in [0.25, 0.3) is 11.3 Å². The molecule has 2 aromatic rings. The molecule has 1 aromatic carbocycles. The second kappa shape index (κ2) is 6.21. The van der Waals surface area contributed by atoms with Gasteiger partial charge in [-0.25, -0.2) is 9.18 Å². The SMILES string of the molecule is CCOC(=O)c1n[nH]nc1-c1cc(F)c(OC)c(OC)c1. The number of H-pyrrole nitrogens is 1. The Balaban J connectivity index is 2.51. The number of carbonyl (C=O) groups excluding carboxylic acids is 1. The Hall–Kier alpha value is -2.64. The quantitative estimate of drug-likeness (QED) is 0.846. The molecule has 21 heavy (non-hydrogen) atoms. The lowest BCUT2D eigenvalue weighted by Crippen LogP contribution is -2.07. The maximum Gasteiger partial charge on any atom is 0.361 e. The fourth-order valence-corrected chi connectivity index (χ4v) is 1.83. The topological polar surface area (TPSA) is 86.3 Å². The molecular weight excluding hydrogens is 281 g/mol. The van der Waals surface area contributed by atoms with Gasteiger partial charge in [0.15, 0.2) is 23.0 Å². The van der Waals surface area contributed by atoms with E-state index in [4.69, 9.17) is 14.2 Å². The Bertz CT molecular complexity index is 657. The summed E-state index contributed by atoms with van der Waals surface area (Å²) in [4.78, 5) is 11.8. The lowest BCUT2D eigenvalue weighted by Gasteiger charge is -2.10. The van der Waals surface area contributed by atoms with Gasteiger partial charge in [-0.2, -0.15) is 10.3 Å². The second-order valence-electron chi connectivity index (χ2n) is 3.93.